The van der Waals surface area contributed by atoms with E-state index in [1.54, 1.807) is 18.2 Å². The normalized spacial score (nSPS) is 11.8. The third-order valence-corrected chi connectivity index (χ3v) is 6.00. The van der Waals surface area contributed by atoms with E-state index < -0.39 is 11.7 Å². The molecule has 200 valence electrons. The van der Waals surface area contributed by atoms with Crippen molar-refractivity contribution in [1.82, 2.24) is 0 Å². The smallest absolute Gasteiger partial charge is 0.336 e. The number of hydrogen-bond donors (Lipinski definition) is 0. The highest BCUT2D eigenvalue weighted by Crippen LogP contribution is 2.20. The lowest BCUT2D eigenvalue weighted by molar-refractivity contribution is -0.160. The average molecular weight is 503 g/mol. The number of rotatable bonds is 19. The summed E-state index contributed by atoms with van der Waals surface area (Å²) in [5, 5.41) is 0.800. The monoisotopic (exact) mass is 502 g/mol. The van der Waals surface area contributed by atoms with Crippen LogP contribution in [0.5, 0.6) is 5.75 Å². The van der Waals surface area contributed by atoms with E-state index in [1.165, 1.54) is 18.9 Å². The van der Waals surface area contributed by atoms with Gasteiger partial charge in [-0.25, -0.2) is 4.79 Å². The topological polar surface area (TPSA) is 92.0 Å². The minimum Gasteiger partial charge on any atom is -0.493 e. The zero-order valence-electron chi connectivity index (χ0n) is 21.9. The summed E-state index contributed by atoms with van der Waals surface area (Å²) in [6.07, 6.45) is 11.0. The molecule has 0 saturated heterocycles. The van der Waals surface area contributed by atoms with Crippen molar-refractivity contribution in [2.45, 2.75) is 103 Å². The maximum atomic E-state index is 12.4. The van der Waals surface area contributed by atoms with E-state index in [-0.39, 0.29) is 25.2 Å². The van der Waals surface area contributed by atoms with E-state index in [0.29, 0.717) is 30.6 Å². The molecule has 1 aromatic carbocycles. The minimum absolute atomic E-state index is 0.0192. The molecule has 0 spiro atoms. The van der Waals surface area contributed by atoms with E-state index in [9.17, 15) is 14.4 Å². The van der Waals surface area contributed by atoms with Gasteiger partial charge in [0.15, 0.2) is 0 Å². The quantitative estimate of drug-likeness (QED) is 0.119. The molecule has 0 saturated carbocycles. The van der Waals surface area contributed by atoms with E-state index in [4.69, 9.17) is 18.6 Å². The van der Waals surface area contributed by atoms with Crippen LogP contribution < -0.4 is 10.4 Å². The Balaban J connectivity index is 1.83. The number of unbranched alkanes of at least 4 members (excludes halogenated alkanes) is 8. The summed E-state index contributed by atoms with van der Waals surface area (Å²) in [5.41, 5.74) is 0.0208. The molecule has 0 fully saturated rings. The number of carbonyl (C=O) groups is 2. The van der Waals surface area contributed by atoms with Gasteiger partial charge >= 0.3 is 17.6 Å². The molecule has 1 atom stereocenters. The van der Waals surface area contributed by atoms with Crippen LogP contribution in [0.2, 0.25) is 0 Å². The van der Waals surface area contributed by atoms with Crippen LogP contribution in [-0.2, 0) is 19.1 Å². The predicted molar refractivity (Wildman–Crippen MR) is 140 cm³/mol. The van der Waals surface area contributed by atoms with Gasteiger partial charge in [0.25, 0.3) is 0 Å². The van der Waals surface area contributed by atoms with Crippen LogP contribution in [-0.4, -0.2) is 31.3 Å². The van der Waals surface area contributed by atoms with Gasteiger partial charge < -0.3 is 18.6 Å². The molecule has 7 nitrogen and oxygen atoms in total. The van der Waals surface area contributed by atoms with Crippen LogP contribution in [0.4, 0.5) is 0 Å². The molecular formula is C29H42O7. The summed E-state index contributed by atoms with van der Waals surface area (Å²) in [6, 6.07) is 8.33. The average Bonchev–Trinajstić information content (AvgIpc) is 2.86. The molecule has 1 unspecified atom stereocenters. The zero-order chi connectivity index (χ0) is 26.0. The van der Waals surface area contributed by atoms with Gasteiger partial charge in [0.05, 0.1) is 6.61 Å². The molecule has 0 aliphatic rings. The Morgan fingerprint density at radius 3 is 2.17 bits per heavy atom. The Bertz CT molecular complexity index is 965. The first-order valence-corrected chi connectivity index (χ1v) is 13.5. The molecule has 0 bridgehead atoms. The van der Waals surface area contributed by atoms with Crippen LogP contribution in [0.15, 0.2) is 39.5 Å². The largest absolute Gasteiger partial charge is 0.493 e. The van der Waals surface area contributed by atoms with Crippen molar-refractivity contribution in [3.05, 3.63) is 40.8 Å². The molecule has 1 aromatic heterocycles. The Hall–Kier alpha value is -2.83. The fourth-order valence-corrected chi connectivity index (χ4v) is 3.86. The van der Waals surface area contributed by atoms with Gasteiger partial charge in [0.1, 0.15) is 24.0 Å². The van der Waals surface area contributed by atoms with Crippen LogP contribution in [0.1, 0.15) is 97.3 Å². The first-order chi connectivity index (χ1) is 17.5. The lowest BCUT2D eigenvalue weighted by atomic mass is 10.1. The molecule has 7 heteroatoms. The number of ether oxygens (including phenoxy) is 3. The molecule has 2 aromatic rings. The van der Waals surface area contributed by atoms with Crippen molar-refractivity contribution in [2.24, 2.45) is 0 Å². The van der Waals surface area contributed by atoms with Crippen molar-refractivity contribution in [3.8, 4) is 5.75 Å². The third-order valence-electron chi connectivity index (χ3n) is 6.00. The zero-order valence-corrected chi connectivity index (χ0v) is 21.9. The second-order valence-corrected chi connectivity index (χ2v) is 9.21. The van der Waals surface area contributed by atoms with E-state index in [1.807, 2.05) is 6.07 Å². The fourth-order valence-electron chi connectivity index (χ4n) is 3.86. The van der Waals surface area contributed by atoms with Gasteiger partial charge in [-0.15, -0.1) is 0 Å². The summed E-state index contributed by atoms with van der Waals surface area (Å²) >= 11 is 0. The summed E-state index contributed by atoms with van der Waals surface area (Å²) in [4.78, 5) is 36.0. The number of benzene rings is 1. The summed E-state index contributed by atoms with van der Waals surface area (Å²) in [7, 11) is 0. The fraction of sp³-hybridized carbons (Fsp3) is 0.621. The van der Waals surface area contributed by atoms with Crippen LogP contribution in [0, 0.1) is 0 Å². The summed E-state index contributed by atoms with van der Waals surface area (Å²) in [5.74, 6) is -0.000826. The Morgan fingerprint density at radius 2 is 1.47 bits per heavy atom. The van der Waals surface area contributed by atoms with Crippen molar-refractivity contribution in [1.29, 1.82) is 0 Å². The molecule has 0 aliphatic heterocycles. The van der Waals surface area contributed by atoms with Gasteiger partial charge in [-0.05, 0) is 31.0 Å². The van der Waals surface area contributed by atoms with Gasteiger partial charge in [0.2, 0.25) is 0 Å². The van der Waals surface area contributed by atoms with Gasteiger partial charge in [-0.1, -0.05) is 65.2 Å². The van der Waals surface area contributed by atoms with Crippen molar-refractivity contribution < 1.29 is 28.2 Å². The highest BCUT2D eigenvalue weighted by atomic mass is 16.6. The first-order valence-electron chi connectivity index (χ1n) is 13.5. The number of esters is 2. The predicted octanol–water partition coefficient (Wildman–Crippen LogP) is 6.74. The molecule has 1 heterocycles. The molecule has 36 heavy (non-hydrogen) atoms. The second kappa shape index (κ2) is 17.6. The SMILES string of the molecule is CCCCCCCC(=O)OCC(CCOc1ccc2ccc(=O)oc2c1)OC(=O)CCCCCCC. The Kier molecular flexibility index (Phi) is 14.4. The Morgan fingerprint density at radius 1 is 0.833 bits per heavy atom. The number of hydrogen-bond acceptors (Lipinski definition) is 7. The van der Waals surface area contributed by atoms with Crippen molar-refractivity contribution >= 4 is 22.9 Å². The van der Waals surface area contributed by atoms with Crippen LogP contribution in [0.25, 0.3) is 11.0 Å². The molecule has 0 radical (unpaired) electrons. The van der Waals surface area contributed by atoms with E-state index >= 15 is 0 Å². The minimum atomic E-state index is -0.574. The molecular weight excluding hydrogens is 460 g/mol. The molecule has 0 aliphatic carbocycles. The highest BCUT2D eigenvalue weighted by Gasteiger charge is 2.17. The van der Waals surface area contributed by atoms with Crippen LogP contribution >= 0.6 is 0 Å². The molecule has 2 rings (SSSR count). The third kappa shape index (κ3) is 12.2. The Labute approximate surface area is 214 Å². The van der Waals surface area contributed by atoms with Gasteiger partial charge in [-0.3, -0.25) is 9.59 Å². The van der Waals surface area contributed by atoms with E-state index in [0.717, 1.165) is 56.8 Å². The van der Waals surface area contributed by atoms with Gasteiger partial charge in [-0.2, -0.15) is 0 Å². The lowest BCUT2D eigenvalue weighted by Crippen LogP contribution is -2.27. The maximum absolute atomic E-state index is 12.4. The number of fused-ring (bicyclic) bond motifs is 1. The van der Waals surface area contributed by atoms with Gasteiger partial charge in [0, 0.05) is 36.8 Å². The second-order valence-electron chi connectivity index (χ2n) is 9.21. The summed E-state index contributed by atoms with van der Waals surface area (Å²) in [6.45, 7) is 4.58. The van der Waals surface area contributed by atoms with Crippen molar-refractivity contribution in [3.63, 3.8) is 0 Å². The lowest BCUT2D eigenvalue weighted by Gasteiger charge is -2.18. The number of carbonyl (C=O) groups excluding carboxylic acids is 2. The van der Waals surface area contributed by atoms with Crippen molar-refractivity contribution in [2.75, 3.05) is 13.2 Å². The standard InChI is InChI=1S/C29H42O7/c1-3-5-7-9-11-13-27(30)34-22-25(35-28(31)14-12-10-8-6-4-2)19-20-33-24-17-15-23-16-18-29(32)36-26(23)21-24/h15-18,21,25H,3-14,19-20,22H2,1-2H3. The molecule has 0 N–H and O–H groups in total. The summed E-state index contributed by atoms with van der Waals surface area (Å²) < 4.78 is 22.1. The molecule has 0 amide bonds. The highest BCUT2D eigenvalue weighted by molar-refractivity contribution is 5.77. The first kappa shape index (κ1) is 29.4. The maximum Gasteiger partial charge on any atom is 0.336 e. The van der Waals surface area contributed by atoms with Crippen LogP contribution in [0.3, 0.4) is 0 Å². The van der Waals surface area contributed by atoms with E-state index in [2.05, 4.69) is 13.8 Å².